The number of fused-ring (bicyclic) bond motifs is 3. The molecule has 9 heteroatoms. The van der Waals surface area contributed by atoms with Crippen molar-refractivity contribution in [2.45, 2.75) is 69.5 Å². The Morgan fingerprint density at radius 1 is 1.16 bits per heavy atom. The second kappa shape index (κ2) is 11.0. The topological polar surface area (TPSA) is 136 Å². The van der Waals surface area contributed by atoms with E-state index in [-0.39, 0.29) is 18.0 Å². The van der Waals surface area contributed by atoms with Crippen LogP contribution < -0.4 is 16.4 Å². The first-order valence-electron chi connectivity index (χ1n) is 15.1. The molecule has 6 rings (SSSR count). The van der Waals surface area contributed by atoms with Gasteiger partial charge in [-0.15, -0.1) is 10.2 Å². The molecule has 5 atom stereocenters. The summed E-state index contributed by atoms with van der Waals surface area (Å²) < 4.78 is 0. The van der Waals surface area contributed by atoms with Crippen LogP contribution in [0.5, 0.6) is 0 Å². The highest BCUT2D eigenvalue weighted by Gasteiger charge is 2.52. The molecule has 2 aliphatic carbocycles. The number of carbonyl (C=O) groups excluding carboxylic acids is 1. The Bertz CT molecular complexity index is 1650. The predicted octanol–water partition coefficient (Wildman–Crippen LogP) is 3.70. The van der Waals surface area contributed by atoms with Gasteiger partial charge < -0.3 is 26.3 Å². The fraction of sp³-hybridized carbons (Fsp3) is 0.412. The van der Waals surface area contributed by atoms with E-state index in [4.69, 9.17) is 10.8 Å². The first-order valence-corrected chi connectivity index (χ1v) is 15.1. The molecule has 3 aliphatic rings. The fourth-order valence-electron chi connectivity index (χ4n) is 7.39. The number of nitrogens with zero attached hydrogens (tertiary/aromatic N) is 4. The van der Waals surface area contributed by atoms with Crippen LogP contribution in [-0.4, -0.2) is 57.7 Å². The van der Waals surface area contributed by atoms with E-state index in [1.54, 1.807) is 7.05 Å². The van der Waals surface area contributed by atoms with E-state index >= 15 is 0 Å². The third-order valence-electron chi connectivity index (χ3n) is 9.54. The molecule has 5 N–H and O–H groups in total. The summed E-state index contributed by atoms with van der Waals surface area (Å²) in [4.78, 5) is 18.4. The fourth-order valence-corrected chi connectivity index (χ4v) is 7.39. The Labute approximate surface area is 253 Å². The van der Waals surface area contributed by atoms with Crippen LogP contribution in [0.2, 0.25) is 0 Å². The molecule has 1 saturated carbocycles. The van der Waals surface area contributed by atoms with Gasteiger partial charge in [0.25, 0.3) is 5.91 Å². The van der Waals surface area contributed by atoms with Crippen molar-refractivity contribution in [2.24, 2.45) is 11.7 Å². The minimum absolute atomic E-state index is 0.0295. The van der Waals surface area contributed by atoms with Crippen LogP contribution in [-0.2, 0) is 18.3 Å². The van der Waals surface area contributed by atoms with Crippen LogP contribution in [0.4, 0.5) is 0 Å². The first kappa shape index (κ1) is 28.7. The Hall–Kier alpha value is -4.42. The summed E-state index contributed by atoms with van der Waals surface area (Å²) in [6.45, 7) is 13.1. The van der Waals surface area contributed by atoms with E-state index in [9.17, 15) is 10.1 Å². The molecule has 2 heterocycles. The van der Waals surface area contributed by atoms with Crippen LogP contribution in [0.1, 0.15) is 76.0 Å². The highest BCUT2D eigenvalue weighted by Crippen LogP contribution is 2.50. The van der Waals surface area contributed by atoms with Crippen molar-refractivity contribution in [3.8, 4) is 6.07 Å². The van der Waals surface area contributed by atoms with Gasteiger partial charge in [0.05, 0.1) is 11.5 Å². The third-order valence-corrected chi connectivity index (χ3v) is 9.54. The molecular formula is C34H40N8O. The third kappa shape index (κ3) is 5.00. The lowest BCUT2D eigenvalue weighted by Crippen LogP contribution is -2.42. The zero-order chi connectivity index (χ0) is 30.5. The largest absolute Gasteiger partial charge is 0.399 e. The minimum atomic E-state index is -0.684. The molecule has 3 unspecified atom stereocenters. The second-order valence-corrected chi connectivity index (χ2v) is 12.4. The number of nitriles is 1. The van der Waals surface area contributed by atoms with E-state index < -0.39 is 5.41 Å². The summed E-state index contributed by atoms with van der Waals surface area (Å²) in [7, 11) is 1.65. The van der Waals surface area contributed by atoms with Gasteiger partial charge in [-0.3, -0.25) is 4.79 Å². The summed E-state index contributed by atoms with van der Waals surface area (Å²) in [5.41, 5.74) is 13.0. The Kier molecular flexibility index (Phi) is 7.35. The molecule has 2 aromatic carbocycles. The molecule has 3 aromatic rings. The quantitative estimate of drug-likeness (QED) is 0.305. The van der Waals surface area contributed by atoms with Crippen LogP contribution in [0.3, 0.4) is 0 Å². The number of H-pyrrole nitrogens is 1. The monoisotopic (exact) mass is 576 g/mol. The van der Waals surface area contributed by atoms with Crippen LogP contribution in [0.15, 0.2) is 55.3 Å². The number of rotatable bonds is 9. The molecule has 1 aromatic heterocycles. The van der Waals surface area contributed by atoms with Crippen molar-refractivity contribution in [2.75, 3.05) is 13.6 Å². The molecule has 0 spiro atoms. The highest BCUT2D eigenvalue weighted by atomic mass is 16.1. The maximum atomic E-state index is 12.7. The van der Waals surface area contributed by atoms with Crippen molar-refractivity contribution in [1.29, 1.82) is 5.26 Å². The average molecular weight is 577 g/mol. The summed E-state index contributed by atoms with van der Waals surface area (Å²) in [6, 6.07) is 15.2. The molecule has 1 saturated heterocycles. The van der Waals surface area contributed by atoms with Crippen LogP contribution in [0, 0.1) is 24.2 Å². The number of piperidine rings is 1. The maximum Gasteiger partial charge on any atom is 0.251 e. The first-order chi connectivity index (χ1) is 20.7. The van der Waals surface area contributed by atoms with Crippen molar-refractivity contribution >= 4 is 11.6 Å². The summed E-state index contributed by atoms with van der Waals surface area (Å²) in [5.74, 6) is 2.01. The predicted molar refractivity (Wildman–Crippen MR) is 167 cm³/mol. The number of likely N-dealkylation sites (tertiary alicyclic amines) is 1. The van der Waals surface area contributed by atoms with E-state index in [0.29, 0.717) is 36.2 Å². The number of aryl methyl sites for hydroxylation is 3. The lowest BCUT2D eigenvalue weighted by Gasteiger charge is -2.37. The molecule has 222 valence electrons. The second-order valence-electron chi connectivity index (χ2n) is 12.4. The number of nitrogens with two attached hydrogens (primary N) is 1. The zero-order valence-corrected chi connectivity index (χ0v) is 25.2. The number of nitrogens with one attached hydrogen (secondary N) is 3. The van der Waals surface area contributed by atoms with Gasteiger partial charge in [0, 0.05) is 42.6 Å². The van der Waals surface area contributed by atoms with Gasteiger partial charge in [-0.1, -0.05) is 31.4 Å². The van der Waals surface area contributed by atoms with Gasteiger partial charge in [0.2, 0.25) is 0 Å². The van der Waals surface area contributed by atoms with Gasteiger partial charge in [-0.25, -0.2) is 0 Å². The molecule has 0 radical (unpaired) electrons. The molecule has 2 fully saturated rings. The molecule has 0 bridgehead atoms. The molecule has 1 aliphatic heterocycles. The standard InChI is InChI=1S/C34H40N8O/c1-19(38-18-20(2)42-28(17-35)14-27-15-31(27)42)16-34(33-39-22(4)40-41-33)29-10-8-23(21(3)36)12-24(29)6-7-25-13-26(32(43)37-5)9-11-30(25)34/h8-13,19,27-28,31,38H,2-3,6-7,14-16,18,36H2,1,4-5H3,(H,37,43)(H,39,40,41)/t19-,27-,28?,31?,34?/m1/s1. The minimum Gasteiger partial charge on any atom is -0.399 e. The highest BCUT2D eigenvalue weighted by molar-refractivity contribution is 5.94. The van der Waals surface area contributed by atoms with Crippen molar-refractivity contribution < 1.29 is 4.79 Å². The molecular weight excluding hydrogens is 536 g/mol. The van der Waals surface area contributed by atoms with Gasteiger partial charge in [-0.2, -0.15) is 5.26 Å². The van der Waals surface area contributed by atoms with E-state index in [2.05, 4.69) is 70.0 Å². The van der Waals surface area contributed by atoms with Crippen molar-refractivity contribution in [3.63, 3.8) is 0 Å². The van der Waals surface area contributed by atoms with E-state index in [0.717, 1.165) is 65.3 Å². The van der Waals surface area contributed by atoms with Gasteiger partial charge in [0.1, 0.15) is 17.7 Å². The number of carbonyl (C=O) groups is 1. The van der Waals surface area contributed by atoms with Gasteiger partial charge in [-0.05, 0) is 97.9 Å². The summed E-state index contributed by atoms with van der Waals surface area (Å²) in [6.07, 6.45) is 4.30. The van der Waals surface area contributed by atoms with Gasteiger partial charge in [0.15, 0.2) is 0 Å². The lowest BCUT2D eigenvalue weighted by atomic mass is 9.67. The average Bonchev–Trinajstić information content (AvgIpc) is 3.50. The number of aromatic nitrogens is 3. The number of amides is 1. The van der Waals surface area contributed by atoms with Crippen molar-refractivity contribution in [1.82, 2.24) is 30.7 Å². The Balaban J connectivity index is 1.43. The van der Waals surface area contributed by atoms with E-state index in [1.807, 2.05) is 25.1 Å². The van der Waals surface area contributed by atoms with Crippen molar-refractivity contribution in [3.05, 3.63) is 100 Å². The number of hydrogen-bond donors (Lipinski definition) is 4. The number of benzene rings is 2. The summed E-state index contributed by atoms with van der Waals surface area (Å²) >= 11 is 0. The van der Waals surface area contributed by atoms with Gasteiger partial charge >= 0.3 is 0 Å². The SMILES string of the molecule is C=C(N)c1ccc2c(c1)CCc1cc(C(=O)NC)ccc1C2(C[C@@H](C)NCC(=C)N1C(C#N)C[C@@H]2CC21)c1nnc(C)[nH]1. The Morgan fingerprint density at radius 3 is 2.44 bits per heavy atom. The summed E-state index contributed by atoms with van der Waals surface area (Å²) in [5, 5.41) is 25.3. The molecule has 43 heavy (non-hydrogen) atoms. The number of hydrogen-bond acceptors (Lipinski definition) is 7. The van der Waals surface area contributed by atoms with E-state index in [1.165, 1.54) is 5.56 Å². The maximum absolute atomic E-state index is 12.7. The number of aromatic amines is 1. The van der Waals surface area contributed by atoms with Crippen LogP contribution >= 0.6 is 0 Å². The zero-order valence-electron chi connectivity index (χ0n) is 25.2. The smallest absolute Gasteiger partial charge is 0.251 e. The van der Waals surface area contributed by atoms with Crippen LogP contribution in [0.25, 0.3) is 5.70 Å². The Morgan fingerprint density at radius 2 is 1.84 bits per heavy atom. The lowest BCUT2D eigenvalue weighted by molar-refractivity contribution is 0.0963. The molecule has 1 amide bonds. The normalized spacial score (nSPS) is 24.1. The molecule has 9 nitrogen and oxygen atoms in total.